The summed E-state index contributed by atoms with van der Waals surface area (Å²) >= 11 is 0.681. The molecule has 0 aromatic carbocycles. The van der Waals surface area contributed by atoms with E-state index in [1.807, 2.05) is 6.92 Å². The van der Waals surface area contributed by atoms with E-state index in [0.29, 0.717) is 29.2 Å². The Bertz CT molecular complexity index is 346. The second-order valence-electron chi connectivity index (χ2n) is 3.20. The molecule has 0 aliphatic carbocycles. The highest BCUT2D eigenvalue weighted by Crippen LogP contribution is 2.34. The molecular formula is C10H13F3N2S. The smallest absolute Gasteiger partial charge is 0.309 e. The molecule has 16 heavy (non-hydrogen) atoms. The fourth-order valence-corrected chi connectivity index (χ4v) is 2.16. The van der Waals surface area contributed by atoms with Gasteiger partial charge in [0.15, 0.2) is 5.01 Å². The summed E-state index contributed by atoms with van der Waals surface area (Å²) in [5.74, 6) is 0. The largest absolute Gasteiger partial charge is 0.443 e. The zero-order valence-corrected chi connectivity index (χ0v) is 9.66. The van der Waals surface area contributed by atoms with Crippen molar-refractivity contribution in [1.29, 1.82) is 0 Å². The van der Waals surface area contributed by atoms with Gasteiger partial charge in [0.1, 0.15) is 0 Å². The number of hydrogen-bond donors (Lipinski definition) is 1. The average molecular weight is 250 g/mol. The zero-order valence-electron chi connectivity index (χ0n) is 8.84. The summed E-state index contributed by atoms with van der Waals surface area (Å²) in [6.45, 7) is 6.18. The molecule has 0 aliphatic rings. The minimum Gasteiger partial charge on any atom is -0.309 e. The third-order valence-corrected chi connectivity index (χ3v) is 3.12. The number of thiazole rings is 1. The van der Waals surface area contributed by atoms with Crippen molar-refractivity contribution >= 4 is 11.3 Å². The van der Waals surface area contributed by atoms with Gasteiger partial charge in [0, 0.05) is 17.1 Å². The van der Waals surface area contributed by atoms with E-state index in [-0.39, 0.29) is 6.04 Å². The highest BCUT2D eigenvalue weighted by Gasteiger charge is 2.35. The van der Waals surface area contributed by atoms with E-state index in [9.17, 15) is 13.2 Å². The van der Waals surface area contributed by atoms with Crippen molar-refractivity contribution in [2.75, 3.05) is 6.54 Å². The Morgan fingerprint density at radius 1 is 1.62 bits per heavy atom. The molecule has 0 fully saturated rings. The van der Waals surface area contributed by atoms with Gasteiger partial charge < -0.3 is 5.32 Å². The van der Waals surface area contributed by atoms with Gasteiger partial charge >= 0.3 is 6.18 Å². The summed E-state index contributed by atoms with van der Waals surface area (Å²) in [5, 5.41) is 2.30. The fourth-order valence-electron chi connectivity index (χ4n) is 1.29. The van der Waals surface area contributed by atoms with E-state index in [4.69, 9.17) is 0 Å². The third kappa shape index (κ3) is 3.31. The minimum atomic E-state index is -4.35. The number of alkyl halides is 3. The second-order valence-corrected chi connectivity index (χ2v) is 4.26. The number of nitrogens with zero attached hydrogens (tertiary/aromatic N) is 1. The first kappa shape index (κ1) is 13.2. The Morgan fingerprint density at radius 2 is 2.31 bits per heavy atom. The lowest BCUT2D eigenvalue weighted by Gasteiger charge is -2.13. The van der Waals surface area contributed by atoms with Crippen LogP contribution in [0.1, 0.15) is 29.3 Å². The van der Waals surface area contributed by atoms with Gasteiger partial charge in [0.05, 0.1) is 0 Å². The van der Waals surface area contributed by atoms with Crippen LogP contribution in [0.5, 0.6) is 0 Å². The van der Waals surface area contributed by atoms with E-state index < -0.39 is 11.2 Å². The molecule has 2 nitrogen and oxygen atoms in total. The standard InChI is InChI=1S/C10H13F3N2S/c1-3-5-7(14-4-2)8-6-15-9(16-8)10(11,12)13/h3,6-7,14H,1,4-5H2,2H3. The molecule has 1 unspecified atom stereocenters. The van der Waals surface area contributed by atoms with Gasteiger partial charge in [0.25, 0.3) is 0 Å². The van der Waals surface area contributed by atoms with Gasteiger partial charge in [-0.1, -0.05) is 13.0 Å². The van der Waals surface area contributed by atoms with Crippen molar-refractivity contribution in [2.45, 2.75) is 25.6 Å². The Kier molecular flexibility index (Phi) is 4.49. The molecule has 0 radical (unpaired) electrons. The van der Waals surface area contributed by atoms with Crippen molar-refractivity contribution in [1.82, 2.24) is 10.3 Å². The predicted octanol–water partition coefficient (Wildman–Crippen LogP) is 3.39. The van der Waals surface area contributed by atoms with Gasteiger partial charge in [-0.15, -0.1) is 17.9 Å². The molecule has 90 valence electrons. The third-order valence-electron chi connectivity index (χ3n) is 1.96. The summed E-state index contributed by atoms with van der Waals surface area (Å²) in [7, 11) is 0. The van der Waals surface area contributed by atoms with Crippen molar-refractivity contribution in [3.8, 4) is 0 Å². The van der Waals surface area contributed by atoms with Gasteiger partial charge in [-0.3, -0.25) is 0 Å². The lowest BCUT2D eigenvalue weighted by Crippen LogP contribution is -2.19. The molecule has 1 atom stereocenters. The van der Waals surface area contributed by atoms with Crippen molar-refractivity contribution in [3.05, 3.63) is 28.7 Å². The number of aromatic nitrogens is 1. The zero-order chi connectivity index (χ0) is 12.2. The summed E-state index contributed by atoms with van der Waals surface area (Å²) in [6.07, 6.45) is -0.800. The maximum atomic E-state index is 12.3. The molecule has 1 aromatic rings. The first-order chi connectivity index (χ1) is 7.49. The van der Waals surface area contributed by atoms with Gasteiger partial charge in [0.2, 0.25) is 0 Å². The predicted molar refractivity (Wildman–Crippen MR) is 58.3 cm³/mol. The van der Waals surface area contributed by atoms with Crippen LogP contribution in [-0.4, -0.2) is 11.5 Å². The monoisotopic (exact) mass is 250 g/mol. The van der Waals surface area contributed by atoms with Crippen molar-refractivity contribution < 1.29 is 13.2 Å². The number of rotatable bonds is 5. The average Bonchev–Trinajstić information content (AvgIpc) is 2.65. The van der Waals surface area contributed by atoms with Gasteiger partial charge in [-0.25, -0.2) is 4.98 Å². The lowest BCUT2D eigenvalue weighted by molar-refractivity contribution is -0.137. The molecule has 0 aliphatic heterocycles. The van der Waals surface area contributed by atoms with Crippen LogP contribution in [0.3, 0.4) is 0 Å². The first-order valence-corrected chi connectivity index (χ1v) is 5.67. The first-order valence-electron chi connectivity index (χ1n) is 4.86. The molecular weight excluding hydrogens is 237 g/mol. The quantitative estimate of drug-likeness (QED) is 0.810. The Labute approximate surface area is 96.2 Å². The van der Waals surface area contributed by atoms with E-state index in [2.05, 4.69) is 16.9 Å². The summed E-state index contributed by atoms with van der Waals surface area (Å²) in [6, 6.07) is -0.129. The molecule has 6 heteroatoms. The molecule has 1 N–H and O–H groups in total. The van der Waals surface area contributed by atoms with Crippen molar-refractivity contribution in [2.24, 2.45) is 0 Å². The van der Waals surface area contributed by atoms with Crippen LogP contribution in [0.15, 0.2) is 18.9 Å². The van der Waals surface area contributed by atoms with Crippen LogP contribution in [0.4, 0.5) is 13.2 Å². The molecule has 1 rings (SSSR count). The molecule has 1 aromatic heterocycles. The number of hydrogen-bond acceptors (Lipinski definition) is 3. The van der Waals surface area contributed by atoms with E-state index in [1.165, 1.54) is 6.20 Å². The maximum absolute atomic E-state index is 12.3. The molecule has 0 saturated carbocycles. The molecule has 0 saturated heterocycles. The second kappa shape index (κ2) is 5.45. The highest BCUT2D eigenvalue weighted by atomic mass is 32.1. The van der Waals surface area contributed by atoms with Gasteiger partial charge in [-0.2, -0.15) is 13.2 Å². The maximum Gasteiger partial charge on any atom is 0.443 e. The van der Waals surface area contributed by atoms with E-state index in [0.717, 1.165) is 0 Å². The fraction of sp³-hybridized carbons (Fsp3) is 0.500. The molecule has 0 spiro atoms. The number of halogens is 3. The van der Waals surface area contributed by atoms with E-state index in [1.54, 1.807) is 6.08 Å². The van der Waals surface area contributed by atoms with Crippen LogP contribution < -0.4 is 5.32 Å². The molecule has 1 heterocycles. The van der Waals surface area contributed by atoms with Gasteiger partial charge in [-0.05, 0) is 13.0 Å². The van der Waals surface area contributed by atoms with Crippen LogP contribution in [-0.2, 0) is 6.18 Å². The van der Waals surface area contributed by atoms with Crippen LogP contribution in [0.2, 0.25) is 0 Å². The summed E-state index contributed by atoms with van der Waals surface area (Å²) in [4.78, 5) is 3.98. The normalized spacial score (nSPS) is 13.8. The topological polar surface area (TPSA) is 24.9 Å². The highest BCUT2D eigenvalue weighted by molar-refractivity contribution is 7.11. The molecule has 0 amide bonds. The summed E-state index contributed by atoms with van der Waals surface area (Å²) in [5.41, 5.74) is 0. The minimum absolute atomic E-state index is 0.129. The van der Waals surface area contributed by atoms with Crippen LogP contribution in [0, 0.1) is 0 Å². The van der Waals surface area contributed by atoms with Crippen LogP contribution >= 0.6 is 11.3 Å². The summed E-state index contributed by atoms with van der Waals surface area (Å²) < 4.78 is 37.0. The Balaban J connectivity index is 2.85. The van der Waals surface area contributed by atoms with Crippen molar-refractivity contribution in [3.63, 3.8) is 0 Å². The Morgan fingerprint density at radius 3 is 2.75 bits per heavy atom. The number of nitrogens with one attached hydrogen (secondary N) is 1. The SMILES string of the molecule is C=CCC(NCC)c1cnc(C(F)(F)F)s1. The van der Waals surface area contributed by atoms with E-state index >= 15 is 0 Å². The van der Waals surface area contributed by atoms with Crippen LogP contribution in [0.25, 0.3) is 0 Å². The lowest BCUT2D eigenvalue weighted by atomic mass is 10.2. The molecule has 0 bridgehead atoms. The Hall–Kier alpha value is -0.880.